The number of ether oxygens (including phenoxy) is 5. The van der Waals surface area contributed by atoms with E-state index in [1.807, 2.05) is 20.8 Å². The molecule has 2 rings (SSSR count). The van der Waals surface area contributed by atoms with Crippen LogP contribution in [0.1, 0.15) is 47.5 Å². The maximum atomic E-state index is 12.6. The van der Waals surface area contributed by atoms with Crippen molar-refractivity contribution in [1.82, 2.24) is 0 Å². The van der Waals surface area contributed by atoms with E-state index < -0.39 is 18.4 Å². The predicted octanol–water partition coefficient (Wildman–Crippen LogP) is 3.38. The van der Waals surface area contributed by atoms with E-state index >= 15 is 0 Å². The van der Waals surface area contributed by atoms with Crippen molar-refractivity contribution in [2.75, 3.05) is 6.61 Å². The highest BCUT2D eigenvalue weighted by Gasteiger charge is 2.47. The first-order valence-corrected chi connectivity index (χ1v) is 10.6. The molecule has 0 amide bonds. The molecule has 0 radical (unpaired) electrons. The molecule has 0 aromatic heterocycles. The summed E-state index contributed by atoms with van der Waals surface area (Å²) in [6.07, 6.45) is 0.728. The molecule has 148 valence electrons. The summed E-state index contributed by atoms with van der Waals surface area (Å²) in [6, 6.07) is 0. The Balaban J connectivity index is 2.17. The van der Waals surface area contributed by atoms with Crippen molar-refractivity contribution < 1.29 is 33.3 Å². The minimum atomic E-state index is -0.723. The standard InChI is InChI=1S/C17H26O7S2/c1-6-9(4)21-12(18)11(13(19)22-10(5)7-2)16-25-14-15(26-16)24-17(23-14)20-8-3/h9-10,14-15,17H,6-8H2,1-5H3. The molecule has 2 aliphatic rings. The molecule has 0 aromatic carbocycles. The molecule has 2 heterocycles. The molecule has 0 N–H and O–H groups in total. The first kappa shape index (κ1) is 21.6. The van der Waals surface area contributed by atoms with Crippen LogP contribution < -0.4 is 0 Å². The lowest BCUT2D eigenvalue weighted by atomic mass is 10.2. The van der Waals surface area contributed by atoms with Gasteiger partial charge in [0.05, 0.1) is 16.4 Å². The highest BCUT2D eigenvalue weighted by Crippen LogP contribution is 2.53. The lowest BCUT2D eigenvalue weighted by molar-refractivity contribution is -0.231. The summed E-state index contributed by atoms with van der Waals surface area (Å²) in [6.45, 7) is 8.96. The molecule has 26 heavy (non-hydrogen) atoms. The Morgan fingerprint density at radius 3 is 1.81 bits per heavy atom. The second kappa shape index (κ2) is 9.98. The van der Waals surface area contributed by atoms with Crippen molar-refractivity contribution >= 4 is 35.5 Å². The van der Waals surface area contributed by atoms with Gasteiger partial charge in [-0.25, -0.2) is 9.59 Å². The normalized spacial score (nSPS) is 27.0. The van der Waals surface area contributed by atoms with E-state index in [9.17, 15) is 9.59 Å². The molecular weight excluding hydrogens is 380 g/mol. The average molecular weight is 407 g/mol. The van der Waals surface area contributed by atoms with E-state index in [1.54, 1.807) is 13.8 Å². The molecule has 7 nitrogen and oxygen atoms in total. The molecule has 4 atom stereocenters. The number of thioether (sulfide) groups is 2. The molecule has 0 spiro atoms. The first-order chi connectivity index (χ1) is 12.4. The number of rotatable bonds is 8. The van der Waals surface area contributed by atoms with Crippen LogP contribution in [-0.4, -0.2) is 48.1 Å². The van der Waals surface area contributed by atoms with Gasteiger partial charge in [0.25, 0.3) is 6.48 Å². The summed E-state index contributed by atoms with van der Waals surface area (Å²) < 4.78 is 27.8. The van der Waals surface area contributed by atoms with Gasteiger partial charge in [0.1, 0.15) is 10.9 Å². The maximum Gasteiger partial charge on any atom is 0.347 e. The van der Waals surface area contributed by atoms with E-state index in [2.05, 4.69) is 0 Å². The minimum Gasteiger partial charge on any atom is -0.459 e. The van der Waals surface area contributed by atoms with E-state index in [0.717, 1.165) is 0 Å². The van der Waals surface area contributed by atoms with Crippen molar-refractivity contribution in [2.45, 2.75) is 77.0 Å². The molecule has 0 saturated carbocycles. The van der Waals surface area contributed by atoms with Gasteiger partial charge in [0.15, 0.2) is 5.57 Å². The van der Waals surface area contributed by atoms with Crippen molar-refractivity contribution in [2.24, 2.45) is 0 Å². The van der Waals surface area contributed by atoms with Gasteiger partial charge in [-0.2, -0.15) is 0 Å². The average Bonchev–Trinajstić information content (AvgIpc) is 3.13. The van der Waals surface area contributed by atoms with Crippen molar-refractivity contribution in [1.29, 1.82) is 0 Å². The topological polar surface area (TPSA) is 80.3 Å². The zero-order chi connectivity index (χ0) is 19.3. The molecule has 9 heteroatoms. The zero-order valence-electron chi connectivity index (χ0n) is 15.7. The molecule has 0 bridgehead atoms. The molecule has 2 aliphatic heterocycles. The highest BCUT2D eigenvalue weighted by atomic mass is 32.2. The Kier molecular flexibility index (Phi) is 8.28. The summed E-state index contributed by atoms with van der Waals surface area (Å²) in [5.41, 5.74) is -0.793. The van der Waals surface area contributed by atoms with Gasteiger partial charge >= 0.3 is 11.9 Å². The van der Waals surface area contributed by atoms with Gasteiger partial charge in [0.2, 0.25) is 0 Å². The third-order valence-corrected chi connectivity index (χ3v) is 6.61. The Morgan fingerprint density at radius 1 is 0.962 bits per heavy atom. The third kappa shape index (κ3) is 5.39. The van der Waals surface area contributed by atoms with Crippen LogP contribution in [0, 0.1) is 0 Å². The highest BCUT2D eigenvalue weighted by molar-refractivity contribution is 8.25. The number of esters is 2. The Morgan fingerprint density at radius 2 is 1.42 bits per heavy atom. The lowest BCUT2D eigenvalue weighted by Gasteiger charge is -2.17. The van der Waals surface area contributed by atoms with Crippen molar-refractivity contribution in [3.63, 3.8) is 0 Å². The number of carbonyl (C=O) groups excluding carboxylic acids is 2. The maximum absolute atomic E-state index is 12.6. The SMILES string of the molecule is CCOC1OC2SC(=C(C(=O)OC(C)CC)C(=O)OC(C)CC)SC2O1. The predicted molar refractivity (Wildman–Crippen MR) is 99.1 cm³/mol. The van der Waals surface area contributed by atoms with E-state index in [4.69, 9.17) is 23.7 Å². The quantitative estimate of drug-likeness (QED) is 0.261. The fourth-order valence-corrected chi connectivity index (χ4v) is 4.78. The lowest BCUT2D eigenvalue weighted by Crippen LogP contribution is -2.25. The molecule has 0 aliphatic carbocycles. The second-order valence-corrected chi connectivity index (χ2v) is 8.38. The smallest absolute Gasteiger partial charge is 0.347 e. The van der Waals surface area contributed by atoms with Gasteiger partial charge in [-0.3, -0.25) is 0 Å². The fraction of sp³-hybridized carbons (Fsp3) is 0.765. The Labute approximate surface area is 162 Å². The summed E-state index contributed by atoms with van der Waals surface area (Å²) in [5.74, 6) is -1.35. The minimum absolute atomic E-state index is 0.0878. The van der Waals surface area contributed by atoms with Crippen molar-refractivity contribution in [3.05, 3.63) is 9.81 Å². The van der Waals surface area contributed by atoms with Crippen LogP contribution >= 0.6 is 23.5 Å². The van der Waals surface area contributed by atoms with Gasteiger partial charge in [-0.15, -0.1) is 0 Å². The molecule has 2 saturated heterocycles. The van der Waals surface area contributed by atoms with Gasteiger partial charge in [-0.1, -0.05) is 37.4 Å². The number of carbonyl (C=O) groups is 2. The van der Waals surface area contributed by atoms with Gasteiger partial charge < -0.3 is 23.7 Å². The van der Waals surface area contributed by atoms with Crippen LogP contribution in [0.4, 0.5) is 0 Å². The fourth-order valence-electron chi connectivity index (χ4n) is 2.02. The summed E-state index contributed by atoms with van der Waals surface area (Å²) in [7, 11) is 0. The monoisotopic (exact) mass is 406 g/mol. The molecule has 2 fully saturated rings. The second-order valence-electron chi connectivity index (χ2n) is 5.90. The van der Waals surface area contributed by atoms with Crippen LogP contribution in [0.15, 0.2) is 9.81 Å². The van der Waals surface area contributed by atoms with Crippen molar-refractivity contribution in [3.8, 4) is 0 Å². The Bertz CT molecular complexity index is 509. The summed E-state index contributed by atoms with van der Waals surface area (Å²) in [4.78, 5) is 25.2. The van der Waals surface area contributed by atoms with E-state index in [1.165, 1.54) is 23.5 Å². The van der Waals surface area contributed by atoms with Crippen LogP contribution in [0.2, 0.25) is 0 Å². The van der Waals surface area contributed by atoms with Crippen LogP contribution in [-0.2, 0) is 33.3 Å². The molecule has 4 unspecified atom stereocenters. The zero-order valence-corrected chi connectivity index (χ0v) is 17.3. The van der Waals surface area contributed by atoms with Gasteiger partial charge in [-0.05, 0) is 33.6 Å². The number of hydrogen-bond donors (Lipinski definition) is 0. The molecular formula is C17H26O7S2. The Hall–Kier alpha value is -0.740. The van der Waals surface area contributed by atoms with E-state index in [-0.39, 0.29) is 28.7 Å². The van der Waals surface area contributed by atoms with Crippen LogP contribution in [0.3, 0.4) is 0 Å². The number of fused-ring (bicyclic) bond motifs is 1. The molecule has 0 aromatic rings. The third-order valence-electron chi connectivity index (χ3n) is 3.84. The largest absolute Gasteiger partial charge is 0.459 e. The summed E-state index contributed by atoms with van der Waals surface area (Å²) >= 11 is 2.52. The van der Waals surface area contributed by atoms with Crippen LogP contribution in [0.5, 0.6) is 0 Å². The van der Waals surface area contributed by atoms with E-state index in [0.29, 0.717) is 23.7 Å². The van der Waals surface area contributed by atoms with Gasteiger partial charge in [0, 0.05) is 6.61 Å². The first-order valence-electron chi connectivity index (χ1n) is 8.81. The van der Waals surface area contributed by atoms with Crippen LogP contribution in [0.25, 0.3) is 0 Å². The summed E-state index contributed by atoms with van der Waals surface area (Å²) in [5, 5.41) is 0. The number of hydrogen-bond acceptors (Lipinski definition) is 9.